The SMILES string of the molecule is CC1CCCN(C(=O)N(CCCC(=O)O)C(C)C)C1C. The summed E-state index contributed by atoms with van der Waals surface area (Å²) in [6.07, 6.45) is 2.85. The predicted octanol–water partition coefficient (Wildman–Crippen LogP) is 2.80. The first-order valence-corrected chi connectivity index (χ1v) is 7.63. The van der Waals surface area contributed by atoms with Crippen molar-refractivity contribution >= 4 is 12.0 Å². The molecule has 1 aliphatic rings. The Labute approximate surface area is 121 Å². The van der Waals surface area contributed by atoms with Crippen LogP contribution < -0.4 is 0 Å². The van der Waals surface area contributed by atoms with Gasteiger partial charge in [0, 0.05) is 31.6 Å². The minimum Gasteiger partial charge on any atom is -0.481 e. The van der Waals surface area contributed by atoms with Gasteiger partial charge >= 0.3 is 12.0 Å². The van der Waals surface area contributed by atoms with Crippen LogP contribution in [0.1, 0.15) is 53.4 Å². The molecule has 2 atom stereocenters. The Bertz CT molecular complexity index is 344. The molecule has 1 aliphatic heterocycles. The van der Waals surface area contributed by atoms with Gasteiger partial charge in [0.1, 0.15) is 0 Å². The third-order valence-corrected chi connectivity index (χ3v) is 4.28. The lowest BCUT2D eigenvalue weighted by Crippen LogP contribution is -2.53. The van der Waals surface area contributed by atoms with Gasteiger partial charge in [-0.25, -0.2) is 4.79 Å². The molecule has 5 nitrogen and oxygen atoms in total. The molecule has 0 aromatic carbocycles. The summed E-state index contributed by atoms with van der Waals surface area (Å²) in [6.45, 7) is 9.59. The number of aliphatic carboxylic acids is 1. The Morgan fingerprint density at radius 1 is 1.35 bits per heavy atom. The van der Waals surface area contributed by atoms with Crippen molar-refractivity contribution in [3.8, 4) is 0 Å². The minimum absolute atomic E-state index is 0.0597. The maximum Gasteiger partial charge on any atom is 0.320 e. The largest absolute Gasteiger partial charge is 0.481 e. The van der Waals surface area contributed by atoms with Gasteiger partial charge in [-0.3, -0.25) is 4.79 Å². The second-order valence-electron chi connectivity index (χ2n) is 6.12. The fraction of sp³-hybridized carbons (Fsp3) is 0.867. The number of rotatable bonds is 5. The van der Waals surface area contributed by atoms with Crippen molar-refractivity contribution in [3.05, 3.63) is 0 Å². The highest BCUT2D eigenvalue weighted by molar-refractivity contribution is 5.75. The molecule has 1 fully saturated rings. The molecule has 2 unspecified atom stereocenters. The molecule has 20 heavy (non-hydrogen) atoms. The molecule has 1 saturated heterocycles. The van der Waals surface area contributed by atoms with Crippen LogP contribution in [0.2, 0.25) is 0 Å². The third-order valence-electron chi connectivity index (χ3n) is 4.28. The molecule has 0 aliphatic carbocycles. The Kier molecular flexibility index (Phi) is 6.30. The normalized spacial score (nSPS) is 22.9. The van der Waals surface area contributed by atoms with Crippen molar-refractivity contribution in [1.29, 1.82) is 0 Å². The van der Waals surface area contributed by atoms with Gasteiger partial charge < -0.3 is 14.9 Å². The number of carbonyl (C=O) groups excluding carboxylic acids is 1. The Morgan fingerprint density at radius 2 is 2.00 bits per heavy atom. The fourth-order valence-electron chi connectivity index (χ4n) is 2.75. The van der Waals surface area contributed by atoms with Crippen LogP contribution in [0.5, 0.6) is 0 Å². The number of urea groups is 1. The average Bonchev–Trinajstić information content (AvgIpc) is 2.36. The molecule has 0 aromatic heterocycles. The monoisotopic (exact) mass is 284 g/mol. The lowest BCUT2D eigenvalue weighted by Gasteiger charge is -2.41. The van der Waals surface area contributed by atoms with Crippen LogP contribution >= 0.6 is 0 Å². The van der Waals surface area contributed by atoms with Crippen molar-refractivity contribution in [2.24, 2.45) is 5.92 Å². The number of carbonyl (C=O) groups is 2. The number of amides is 2. The molecular formula is C15H28N2O3. The molecule has 1 N–H and O–H groups in total. The van der Waals surface area contributed by atoms with Gasteiger partial charge in [0.2, 0.25) is 0 Å². The molecule has 0 radical (unpaired) electrons. The predicted molar refractivity (Wildman–Crippen MR) is 78.7 cm³/mol. The zero-order valence-electron chi connectivity index (χ0n) is 13.1. The van der Waals surface area contributed by atoms with Crippen LogP contribution in [-0.4, -0.2) is 52.1 Å². The zero-order valence-corrected chi connectivity index (χ0v) is 13.1. The third kappa shape index (κ3) is 4.39. The van der Waals surface area contributed by atoms with Crippen LogP contribution in [-0.2, 0) is 4.79 Å². The molecule has 0 aromatic rings. The summed E-state index contributed by atoms with van der Waals surface area (Å²) in [5, 5.41) is 8.72. The standard InChI is InChI=1S/C15H28N2O3/c1-11(2)16(9-6-8-14(18)19)15(20)17-10-5-7-12(3)13(17)4/h11-13H,5-10H2,1-4H3,(H,18,19). The molecule has 0 spiro atoms. The fourth-order valence-corrected chi connectivity index (χ4v) is 2.75. The van der Waals surface area contributed by atoms with Crippen LogP contribution in [0, 0.1) is 5.92 Å². The van der Waals surface area contributed by atoms with Crippen LogP contribution in [0.15, 0.2) is 0 Å². The number of hydrogen-bond acceptors (Lipinski definition) is 2. The maximum absolute atomic E-state index is 12.7. The number of nitrogens with zero attached hydrogens (tertiary/aromatic N) is 2. The number of likely N-dealkylation sites (tertiary alicyclic amines) is 1. The Balaban J connectivity index is 2.65. The van der Waals surface area contributed by atoms with Gasteiger partial charge in [-0.05, 0) is 46.0 Å². The molecule has 2 amide bonds. The second-order valence-corrected chi connectivity index (χ2v) is 6.12. The van der Waals surface area contributed by atoms with E-state index in [0.717, 1.165) is 13.0 Å². The van der Waals surface area contributed by atoms with E-state index < -0.39 is 5.97 Å². The second kappa shape index (κ2) is 7.50. The highest BCUT2D eigenvalue weighted by atomic mass is 16.4. The zero-order chi connectivity index (χ0) is 15.3. The van der Waals surface area contributed by atoms with Gasteiger partial charge in [0.25, 0.3) is 0 Å². The molecule has 0 saturated carbocycles. The van der Waals surface area contributed by atoms with Crippen LogP contribution in [0.3, 0.4) is 0 Å². The van der Waals surface area contributed by atoms with E-state index >= 15 is 0 Å². The van der Waals surface area contributed by atoms with Gasteiger partial charge in [0.05, 0.1) is 0 Å². The van der Waals surface area contributed by atoms with Crippen molar-refractivity contribution in [1.82, 2.24) is 9.80 Å². The van der Waals surface area contributed by atoms with E-state index in [2.05, 4.69) is 13.8 Å². The maximum atomic E-state index is 12.7. The van der Waals surface area contributed by atoms with Gasteiger partial charge in [-0.15, -0.1) is 0 Å². The lowest BCUT2D eigenvalue weighted by molar-refractivity contribution is -0.137. The summed E-state index contributed by atoms with van der Waals surface area (Å²) < 4.78 is 0. The van der Waals surface area contributed by atoms with Gasteiger partial charge in [0.15, 0.2) is 0 Å². The van der Waals surface area contributed by atoms with Crippen molar-refractivity contribution in [2.75, 3.05) is 13.1 Å². The van der Waals surface area contributed by atoms with E-state index in [1.807, 2.05) is 18.7 Å². The first kappa shape index (κ1) is 16.8. The summed E-state index contributed by atoms with van der Waals surface area (Å²) in [6, 6.07) is 0.419. The van der Waals surface area contributed by atoms with Gasteiger partial charge in [-0.2, -0.15) is 0 Å². The van der Waals surface area contributed by atoms with E-state index in [9.17, 15) is 9.59 Å². The highest BCUT2D eigenvalue weighted by Crippen LogP contribution is 2.24. The summed E-state index contributed by atoms with van der Waals surface area (Å²) in [5.74, 6) is -0.276. The van der Waals surface area contributed by atoms with Gasteiger partial charge in [-0.1, -0.05) is 6.92 Å². The molecule has 1 rings (SSSR count). The quantitative estimate of drug-likeness (QED) is 0.844. The summed E-state index contributed by atoms with van der Waals surface area (Å²) >= 11 is 0. The van der Waals surface area contributed by atoms with Crippen LogP contribution in [0.25, 0.3) is 0 Å². The first-order valence-electron chi connectivity index (χ1n) is 7.63. The summed E-state index contributed by atoms with van der Waals surface area (Å²) in [5.41, 5.74) is 0. The molecular weight excluding hydrogens is 256 g/mol. The number of carboxylic acids is 1. The van der Waals surface area contributed by atoms with Crippen molar-refractivity contribution in [2.45, 2.75) is 65.5 Å². The Hall–Kier alpha value is -1.26. The van der Waals surface area contributed by atoms with E-state index in [1.165, 1.54) is 6.42 Å². The smallest absolute Gasteiger partial charge is 0.320 e. The highest BCUT2D eigenvalue weighted by Gasteiger charge is 2.31. The van der Waals surface area contributed by atoms with Crippen LogP contribution in [0.4, 0.5) is 4.79 Å². The minimum atomic E-state index is -0.805. The number of carboxylic acid groups (broad SMARTS) is 1. The lowest BCUT2D eigenvalue weighted by atomic mass is 9.92. The van der Waals surface area contributed by atoms with E-state index in [-0.39, 0.29) is 24.5 Å². The van der Waals surface area contributed by atoms with E-state index in [0.29, 0.717) is 18.9 Å². The number of hydrogen-bond donors (Lipinski definition) is 1. The summed E-state index contributed by atoms with van der Waals surface area (Å²) in [7, 11) is 0. The molecule has 0 bridgehead atoms. The molecule has 1 heterocycles. The first-order chi connectivity index (χ1) is 9.34. The molecule has 116 valence electrons. The summed E-state index contributed by atoms with van der Waals surface area (Å²) in [4.78, 5) is 27.0. The van der Waals surface area contributed by atoms with Crippen molar-refractivity contribution in [3.63, 3.8) is 0 Å². The number of piperidine rings is 1. The van der Waals surface area contributed by atoms with Crippen molar-refractivity contribution < 1.29 is 14.7 Å². The Morgan fingerprint density at radius 3 is 2.55 bits per heavy atom. The van der Waals surface area contributed by atoms with E-state index in [1.54, 1.807) is 4.90 Å². The topological polar surface area (TPSA) is 60.9 Å². The molecule has 5 heteroatoms. The average molecular weight is 284 g/mol. The van der Waals surface area contributed by atoms with E-state index in [4.69, 9.17) is 5.11 Å².